The summed E-state index contributed by atoms with van der Waals surface area (Å²) in [7, 11) is 0. The molecule has 2 nitrogen and oxygen atoms in total. The van der Waals surface area contributed by atoms with E-state index in [1.54, 1.807) is 0 Å². The average Bonchev–Trinajstić information content (AvgIpc) is 3.59. The highest BCUT2D eigenvalue weighted by atomic mass is 15.2. The molecule has 0 amide bonds. The lowest BCUT2D eigenvalue weighted by molar-refractivity contribution is 0.660. The number of anilines is 5. The van der Waals surface area contributed by atoms with Gasteiger partial charge in [0.05, 0.1) is 11.7 Å². The highest BCUT2D eigenvalue weighted by Gasteiger charge is 2.39. The number of rotatable bonds is 5. The van der Waals surface area contributed by atoms with E-state index < -0.39 is 0 Å². The van der Waals surface area contributed by atoms with Crippen LogP contribution in [0.3, 0.4) is 0 Å². The topological polar surface area (TPSA) is 6.48 Å². The second-order valence-corrected chi connectivity index (χ2v) is 13.4. The minimum Gasteiger partial charge on any atom is -0.333 e. The normalized spacial score (nSPS) is 18.0. The van der Waals surface area contributed by atoms with Gasteiger partial charge in [-0.3, -0.25) is 0 Å². The Bertz CT molecular complexity index is 2190. The van der Waals surface area contributed by atoms with E-state index in [0.29, 0.717) is 5.92 Å². The molecule has 0 N–H and O–H groups in total. The van der Waals surface area contributed by atoms with Crippen LogP contribution < -0.4 is 9.80 Å². The van der Waals surface area contributed by atoms with Gasteiger partial charge in [0.2, 0.25) is 0 Å². The maximum atomic E-state index is 2.50. The summed E-state index contributed by atoms with van der Waals surface area (Å²) in [6.07, 6.45) is 9.05. The SMILES string of the molecule is CC1(C)c2ccccc2-c2c(N(c3ccc(N4c5ccccc5C5C=CC=CC54)cc3)c3cccc(-c4ccccc4)c3)cccc21. The zero-order valence-corrected chi connectivity index (χ0v) is 26.7. The predicted molar refractivity (Wildman–Crippen MR) is 198 cm³/mol. The third-order valence-corrected chi connectivity index (χ3v) is 10.4. The van der Waals surface area contributed by atoms with Crippen molar-refractivity contribution in [2.75, 3.05) is 9.80 Å². The van der Waals surface area contributed by atoms with E-state index in [1.165, 1.54) is 56.0 Å². The number of nitrogens with zero attached hydrogens (tertiary/aromatic N) is 2. The van der Waals surface area contributed by atoms with Gasteiger partial charge in [0.25, 0.3) is 0 Å². The highest BCUT2D eigenvalue weighted by molar-refractivity contribution is 5.95. The maximum Gasteiger partial charge on any atom is 0.0629 e. The van der Waals surface area contributed by atoms with Crippen molar-refractivity contribution in [1.82, 2.24) is 0 Å². The molecule has 1 heterocycles. The third-order valence-electron chi connectivity index (χ3n) is 10.4. The first kappa shape index (κ1) is 27.7. The number of hydrogen-bond donors (Lipinski definition) is 0. The summed E-state index contributed by atoms with van der Waals surface area (Å²) in [6, 6.07) is 53.7. The van der Waals surface area contributed by atoms with Crippen LogP contribution in [0.25, 0.3) is 22.3 Å². The van der Waals surface area contributed by atoms with Gasteiger partial charge in [-0.15, -0.1) is 0 Å². The van der Waals surface area contributed by atoms with Gasteiger partial charge >= 0.3 is 0 Å². The van der Waals surface area contributed by atoms with Crippen LogP contribution in [-0.2, 0) is 5.41 Å². The summed E-state index contributed by atoms with van der Waals surface area (Å²) in [5, 5.41) is 0. The summed E-state index contributed by atoms with van der Waals surface area (Å²) in [5.41, 5.74) is 15.1. The second kappa shape index (κ2) is 10.7. The van der Waals surface area contributed by atoms with E-state index in [9.17, 15) is 0 Å². The number of benzene rings is 6. The molecule has 0 aromatic heterocycles. The fourth-order valence-corrected chi connectivity index (χ4v) is 8.16. The number of para-hydroxylation sites is 1. The van der Waals surface area contributed by atoms with Crippen LogP contribution in [0, 0.1) is 0 Å². The minimum atomic E-state index is -0.0784. The Balaban J connectivity index is 1.21. The van der Waals surface area contributed by atoms with Crippen LogP contribution in [0.5, 0.6) is 0 Å². The van der Waals surface area contributed by atoms with Gasteiger partial charge in [-0.1, -0.05) is 135 Å². The molecule has 226 valence electrons. The average molecular weight is 605 g/mol. The Hall–Kier alpha value is -5.60. The molecule has 6 aromatic carbocycles. The van der Waals surface area contributed by atoms with Crippen LogP contribution in [0.1, 0.15) is 36.5 Å². The van der Waals surface area contributed by atoms with Gasteiger partial charge in [-0.25, -0.2) is 0 Å². The van der Waals surface area contributed by atoms with Crippen molar-refractivity contribution in [2.24, 2.45) is 0 Å². The Morgan fingerprint density at radius 2 is 1.28 bits per heavy atom. The molecule has 0 radical (unpaired) electrons. The van der Waals surface area contributed by atoms with Crippen molar-refractivity contribution >= 4 is 28.4 Å². The van der Waals surface area contributed by atoms with Crippen molar-refractivity contribution < 1.29 is 0 Å². The van der Waals surface area contributed by atoms with E-state index in [1.807, 2.05) is 0 Å². The van der Waals surface area contributed by atoms with Crippen LogP contribution in [0.4, 0.5) is 28.4 Å². The van der Waals surface area contributed by atoms with Gasteiger partial charge in [0, 0.05) is 39.6 Å². The molecule has 0 bridgehead atoms. The number of allylic oxidation sites excluding steroid dienone is 2. The molecule has 0 saturated carbocycles. The van der Waals surface area contributed by atoms with E-state index >= 15 is 0 Å². The summed E-state index contributed by atoms with van der Waals surface area (Å²) >= 11 is 0. The van der Waals surface area contributed by atoms with E-state index in [4.69, 9.17) is 0 Å². The molecule has 6 aromatic rings. The second-order valence-electron chi connectivity index (χ2n) is 13.4. The molecule has 2 unspecified atom stereocenters. The van der Waals surface area contributed by atoms with Crippen LogP contribution >= 0.6 is 0 Å². The van der Waals surface area contributed by atoms with Crippen molar-refractivity contribution in [3.8, 4) is 22.3 Å². The quantitative estimate of drug-likeness (QED) is 0.193. The van der Waals surface area contributed by atoms with Crippen LogP contribution in [0.2, 0.25) is 0 Å². The standard InChI is InChI=1S/C45H36N2/c1-45(2)39-21-9-6-20-38(39)44-40(45)22-13-25-43(44)46(35-17-12-16-32(30-35)31-14-4-3-5-15-31)33-26-28-34(29-27-33)47-41-23-10-7-18-36(41)37-19-8-11-24-42(37)47/h3-30,36,41H,1-2H3. The molecule has 47 heavy (non-hydrogen) atoms. The summed E-state index contributed by atoms with van der Waals surface area (Å²) < 4.78 is 0. The lowest BCUT2D eigenvalue weighted by Crippen LogP contribution is -2.28. The number of fused-ring (bicyclic) bond motifs is 6. The molecule has 0 saturated heterocycles. The van der Waals surface area contributed by atoms with Crippen molar-refractivity contribution in [1.29, 1.82) is 0 Å². The first-order valence-corrected chi connectivity index (χ1v) is 16.6. The van der Waals surface area contributed by atoms with Gasteiger partial charge in [-0.2, -0.15) is 0 Å². The van der Waals surface area contributed by atoms with Crippen molar-refractivity contribution in [2.45, 2.75) is 31.2 Å². The van der Waals surface area contributed by atoms with Crippen molar-refractivity contribution in [3.63, 3.8) is 0 Å². The Morgan fingerprint density at radius 3 is 2.15 bits per heavy atom. The van der Waals surface area contributed by atoms with E-state index in [2.05, 4.69) is 194 Å². The molecule has 9 rings (SSSR count). The molecule has 0 fully saturated rings. The summed E-state index contributed by atoms with van der Waals surface area (Å²) in [5.74, 6) is 0.364. The van der Waals surface area contributed by atoms with Crippen molar-refractivity contribution in [3.05, 3.63) is 187 Å². The van der Waals surface area contributed by atoms with E-state index in [0.717, 1.165) is 11.4 Å². The molecule has 0 spiro atoms. The molecular weight excluding hydrogens is 569 g/mol. The molecule has 2 aliphatic carbocycles. The highest BCUT2D eigenvalue weighted by Crippen LogP contribution is 2.54. The smallest absolute Gasteiger partial charge is 0.0629 e. The molecular formula is C45H36N2. The lowest BCUT2D eigenvalue weighted by atomic mass is 9.82. The first-order valence-electron chi connectivity index (χ1n) is 16.6. The predicted octanol–water partition coefficient (Wildman–Crippen LogP) is 11.9. The van der Waals surface area contributed by atoms with Crippen LogP contribution in [0.15, 0.2) is 170 Å². The Morgan fingerprint density at radius 1 is 0.574 bits per heavy atom. The molecule has 2 atom stereocenters. The third kappa shape index (κ3) is 4.32. The molecule has 2 heteroatoms. The minimum absolute atomic E-state index is 0.0784. The van der Waals surface area contributed by atoms with Gasteiger partial charge in [0.15, 0.2) is 0 Å². The maximum absolute atomic E-state index is 2.50. The monoisotopic (exact) mass is 604 g/mol. The summed E-state index contributed by atoms with van der Waals surface area (Å²) in [4.78, 5) is 4.96. The number of hydrogen-bond acceptors (Lipinski definition) is 2. The summed E-state index contributed by atoms with van der Waals surface area (Å²) in [6.45, 7) is 4.71. The Kier molecular flexibility index (Phi) is 6.33. The fraction of sp³-hybridized carbons (Fsp3) is 0.111. The lowest BCUT2D eigenvalue weighted by Gasteiger charge is -2.31. The zero-order valence-electron chi connectivity index (χ0n) is 26.7. The fourth-order valence-electron chi connectivity index (χ4n) is 8.16. The first-order chi connectivity index (χ1) is 23.1. The Labute approximate surface area is 277 Å². The largest absolute Gasteiger partial charge is 0.333 e. The van der Waals surface area contributed by atoms with Crippen LogP contribution in [-0.4, -0.2) is 6.04 Å². The molecule has 3 aliphatic rings. The van der Waals surface area contributed by atoms with Gasteiger partial charge in [0.1, 0.15) is 0 Å². The van der Waals surface area contributed by atoms with Gasteiger partial charge in [-0.05, 0) is 81.9 Å². The van der Waals surface area contributed by atoms with Gasteiger partial charge < -0.3 is 9.80 Å². The molecule has 1 aliphatic heterocycles. The zero-order chi connectivity index (χ0) is 31.5. The van der Waals surface area contributed by atoms with E-state index in [-0.39, 0.29) is 11.5 Å².